The maximum Gasteiger partial charge on any atom is 0.417 e. The number of phenols is 1. The molecule has 21 heavy (non-hydrogen) atoms. The van der Waals surface area contributed by atoms with Crippen LogP contribution in [0.5, 0.6) is 5.75 Å². The highest BCUT2D eigenvalue weighted by atomic mass is 32.1. The van der Waals surface area contributed by atoms with E-state index in [0.717, 1.165) is 23.5 Å². The molecule has 3 rings (SSSR count). The summed E-state index contributed by atoms with van der Waals surface area (Å²) in [7, 11) is 0. The second-order valence-electron chi connectivity index (χ2n) is 4.26. The average molecular weight is 312 g/mol. The molecule has 0 aliphatic carbocycles. The molecular formula is C13H7F3N2O2S. The minimum Gasteiger partial charge on any atom is -0.508 e. The third-order valence-electron chi connectivity index (χ3n) is 2.87. The molecule has 2 heterocycles. The summed E-state index contributed by atoms with van der Waals surface area (Å²) in [6.45, 7) is 0. The fourth-order valence-corrected chi connectivity index (χ4v) is 2.83. The number of rotatable bonds is 1. The van der Waals surface area contributed by atoms with Gasteiger partial charge in [0, 0.05) is 6.20 Å². The highest BCUT2D eigenvalue weighted by Gasteiger charge is 2.30. The first-order valence-electron chi connectivity index (χ1n) is 5.74. The monoisotopic (exact) mass is 312 g/mol. The molecule has 0 amide bonds. The van der Waals surface area contributed by atoms with Crippen molar-refractivity contribution in [1.82, 2.24) is 9.55 Å². The van der Waals surface area contributed by atoms with Crippen LogP contribution in [0.1, 0.15) is 5.56 Å². The minimum atomic E-state index is -4.47. The van der Waals surface area contributed by atoms with Crippen LogP contribution >= 0.6 is 11.3 Å². The number of thiazole rings is 1. The van der Waals surface area contributed by atoms with Crippen LogP contribution in [-0.4, -0.2) is 14.7 Å². The van der Waals surface area contributed by atoms with Gasteiger partial charge in [-0.2, -0.15) is 13.2 Å². The summed E-state index contributed by atoms with van der Waals surface area (Å²) in [6.07, 6.45) is -3.79. The van der Waals surface area contributed by atoms with Gasteiger partial charge in [0.1, 0.15) is 11.6 Å². The van der Waals surface area contributed by atoms with E-state index in [2.05, 4.69) is 4.98 Å². The van der Waals surface area contributed by atoms with Gasteiger partial charge in [-0.3, -0.25) is 9.36 Å². The number of phenolic OH excluding ortho intramolecular Hbond substituents is 1. The Morgan fingerprint density at radius 1 is 1.19 bits per heavy atom. The van der Waals surface area contributed by atoms with Crippen molar-refractivity contribution in [2.45, 2.75) is 6.18 Å². The molecule has 1 aromatic carbocycles. The van der Waals surface area contributed by atoms with E-state index in [-0.39, 0.29) is 16.4 Å². The maximum atomic E-state index is 12.5. The molecule has 2 aromatic heterocycles. The van der Waals surface area contributed by atoms with Crippen molar-refractivity contribution in [2.24, 2.45) is 0 Å². The van der Waals surface area contributed by atoms with Gasteiger partial charge in [-0.1, -0.05) is 11.3 Å². The van der Waals surface area contributed by atoms with E-state index in [1.807, 2.05) is 0 Å². The first-order valence-corrected chi connectivity index (χ1v) is 6.56. The van der Waals surface area contributed by atoms with Crippen molar-refractivity contribution in [3.05, 3.63) is 51.8 Å². The lowest BCUT2D eigenvalue weighted by Gasteiger charge is -2.07. The third-order valence-corrected chi connectivity index (χ3v) is 3.77. The van der Waals surface area contributed by atoms with E-state index >= 15 is 0 Å². The Morgan fingerprint density at radius 3 is 2.57 bits per heavy atom. The van der Waals surface area contributed by atoms with Crippen LogP contribution in [0.2, 0.25) is 0 Å². The number of hydrogen-bond acceptors (Lipinski definition) is 4. The molecule has 0 fully saturated rings. The van der Waals surface area contributed by atoms with Crippen molar-refractivity contribution in [2.75, 3.05) is 0 Å². The fraction of sp³-hybridized carbons (Fsp3) is 0.0769. The Morgan fingerprint density at radius 2 is 1.95 bits per heavy atom. The predicted octanol–water partition coefficient (Wildman–Crippen LogP) is 3.17. The molecule has 0 bridgehead atoms. The molecule has 1 N–H and O–H groups in total. The minimum absolute atomic E-state index is 0.0104. The number of nitrogens with zero attached hydrogens (tertiary/aromatic N) is 2. The number of pyridine rings is 1. The van der Waals surface area contributed by atoms with Gasteiger partial charge in [0.25, 0.3) is 0 Å². The van der Waals surface area contributed by atoms with Gasteiger partial charge in [0.05, 0.1) is 15.8 Å². The van der Waals surface area contributed by atoms with E-state index in [9.17, 15) is 23.1 Å². The lowest BCUT2D eigenvalue weighted by molar-refractivity contribution is -0.137. The molecule has 0 saturated carbocycles. The van der Waals surface area contributed by atoms with Crippen molar-refractivity contribution >= 4 is 21.6 Å². The van der Waals surface area contributed by atoms with Gasteiger partial charge < -0.3 is 5.11 Å². The highest BCUT2D eigenvalue weighted by molar-refractivity contribution is 7.16. The van der Waals surface area contributed by atoms with Crippen LogP contribution in [0.25, 0.3) is 16.0 Å². The quantitative estimate of drug-likeness (QED) is 0.751. The lowest BCUT2D eigenvalue weighted by Crippen LogP contribution is -2.13. The zero-order valence-corrected chi connectivity index (χ0v) is 11.1. The van der Waals surface area contributed by atoms with Gasteiger partial charge in [0.15, 0.2) is 0 Å². The van der Waals surface area contributed by atoms with Crippen LogP contribution < -0.4 is 4.87 Å². The van der Waals surface area contributed by atoms with Crippen LogP contribution in [0.4, 0.5) is 13.2 Å². The topological polar surface area (TPSA) is 55.1 Å². The van der Waals surface area contributed by atoms with Crippen molar-refractivity contribution in [1.29, 1.82) is 0 Å². The van der Waals surface area contributed by atoms with Crippen LogP contribution in [-0.2, 0) is 6.18 Å². The Hall–Kier alpha value is -2.35. The zero-order valence-electron chi connectivity index (χ0n) is 10.3. The number of hydrogen-bond donors (Lipinski definition) is 1. The van der Waals surface area contributed by atoms with Crippen molar-refractivity contribution < 1.29 is 18.3 Å². The van der Waals surface area contributed by atoms with Gasteiger partial charge in [-0.05, 0) is 30.3 Å². The summed E-state index contributed by atoms with van der Waals surface area (Å²) in [5, 5.41) is 9.38. The highest BCUT2D eigenvalue weighted by Crippen LogP contribution is 2.29. The molecule has 4 nitrogen and oxygen atoms in total. The van der Waals surface area contributed by atoms with Crippen LogP contribution in [0.15, 0.2) is 41.3 Å². The second kappa shape index (κ2) is 4.59. The number of aromatic hydroxyl groups is 1. The van der Waals surface area contributed by atoms with Gasteiger partial charge in [0.2, 0.25) is 0 Å². The summed E-state index contributed by atoms with van der Waals surface area (Å²) in [5.74, 6) is 0.112. The molecule has 0 spiro atoms. The predicted molar refractivity (Wildman–Crippen MR) is 71.9 cm³/mol. The van der Waals surface area contributed by atoms with E-state index in [4.69, 9.17) is 0 Å². The standard InChI is InChI=1S/C13H7F3N2O2S/c14-13(15,16)7-1-4-11(17-6-7)18-9-3-2-8(19)5-10(9)21-12(18)20/h1-6,19H. The molecule has 3 aromatic rings. The number of fused-ring (bicyclic) bond motifs is 1. The van der Waals surface area contributed by atoms with Crippen LogP contribution in [0.3, 0.4) is 0 Å². The maximum absolute atomic E-state index is 12.5. The largest absolute Gasteiger partial charge is 0.508 e. The molecule has 0 saturated heterocycles. The molecule has 0 atom stereocenters. The summed E-state index contributed by atoms with van der Waals surface area (Å²) in [6, 6.07) is 6.35. The third kappa shape index (κ3) is 2.38. The zero-order chi connectivity index (χ0) is 15.2. The molecule has 108 valence electrons. The van der Waals surface area contributed by atoms with Gasteiger partial charge in [-0.25, -0.2) is 4.98 Å². The van der Waals surface area contributed by atoms with E-state index in [0.29, 0.717) is 16.4 Å². The normalized spacial score (nSPS) is 12.0. The first-order chi connectivity index (χ1) is 9.86. The molecular weight excluding hydrogens is 305 g/mol. The number of alkyl halides is 3. The molecule has 0 radical (unpaired) electrons. The Labute approximate surface area is 119 Å². The Balaban J connectivity index is 2.17. The second-order valence-corrected chi connectivity index (χ2v) is 5.25. The van der Waals surface area contributed by atoms with E-state index < -0.39 is 11.7 Å². The van der Waals surface area contributed by atoms with E-state index in [1.165, 1.54) is 22.8 Å². The average Bonchev–Trinajstić information content (AvgIpc) is 2.73. The molecule has 0 aliphatic heterocycles. The number of aromatic nitrogens is 2. The summed E-state index contributed by atoms with van der Waals surface area (Å²) < 4.78 is 39.3. The SMILES string of the molecule is O=c1sc2cc(O)ccc2n1-c1ccc(C(F)(F)F)cn1. The lowest BCUT2D eigenvalue weighted by atomic mass is 10.2. The van der Waals surface area contributed by atoms with Gasteiger partial charge in [-0.15, -0.1) is 0 Å². The molecule has 0 aliphatic rings. The summed E-state index contributed by atoms with van der Waals surface area (Å²) >= 11 is 0.883. The van der Waals surface area contributed by atoms with E-state index in [1.54, 1.807) is 0 Å². The van der Waals surface area contributed by atoms with Crippen molar-refractivity contribution in [3.8, 4) is 11.6 Å². The Kier molecular flexibility index (Phi) is 2.98. The van der Waals surface area contributed by atoms with Crippen LogP contribution in [0, 0.1) is 0 Å². The molecule has 8 heteroatoms. The summed E-state index contributed by atoms with van der Waals surface area (Å²) in [4.78, 5) is 15.3. The molecule has 0 unspecified atom stereocenters. The smallest absolute Gasteiger partial charge is 0.417 e. The number of benzene rings is 1. The fourth-order valence-electron chi connectivity index (χ4n) is 1.91. The summed E-state index contributed by atoms with van der Waals surface area (Å²) in [5.41, 5.74) is -0.397. The first kappa shape index (κ1) is 13.6. The Bertz CT molecular complexity index is 866. The van der Waals surface area contributed by atoms with Gasteiger partial charge >= 0.3 is 11.0 Å². The van der Waals surface area contributed by atoms with Crippen molar-refractivity contribution in [3.63, 3.8) is 0 Å². The number of halogens is 3.